The van der Waals surface area contributed by atoms with Crippen LogP contribution in [-0.4, -0.2) is 24.2 Å². The van der Waals surface area contributed by atoms with Crippen LogP contribution in [0.25, 0.3) is 0 Å². The highest BCUT2D eigenvalue weighted by molar-refractivity contribution is 5.77. The number of benzene rings is 1. The Morgan fingerprint density at radius 2 is 1.86 bits per heavy atom. The number of methoxy groups -OCH3 is 1. The van der Waals surface area contributed by atoms with E-state index in [9.17, 15) is 9.90 Å². The van der Waals surface area contributed by atoms with E-state index in [2.05, 4.69) is 26.1 Å². The molecular formula is C18H29NO3. The predicted molar refractivity (Wildman–Crippen MR) is 88.8 cm³/mol. The van der Waals surface area contributed by atoms with Gasteiger partial charge in [0.25, 0.3) is 0 Å². The molecule has 0 saturated carbocycles. The summed E-state index contributed by atoms with van der Waals surface area (Å²) in [6.07, 6.45) is -0.516. The van der Waals surface area contributed by atoms with Crippen molar-refractivity contribution in [1.82, 2.24) is 5.32 Å². The summed E-state index contributed by atoms with van der Waals surface area (Å²) in [6.45, 7) is 10.0. The van der Waals surface area contributed by atoms with Crippen molar-refractivity contribution in [3.05, 3.63) is 29.8 Å². The fourth-order valence-electron chi connectivity index (χ4n) is 2.31. The van der Waals surface area contributed by atoms with Gasteiger partial charge in [0.15, 0.2) is 0 Å². The zero-order valence-corrected chi connectivity index (χ0v) is 14.5. The minimum Gasteiger partial charge on any atom is -0.496 e. The van der Waals surface area contributed by atoms with Gasteiger partial charge < -0.3 is 15.2 Å². The van der Waals surface area contributed by atoms with Gasteiger partial charge in [-0.2, -0.15) is 0 Å². The lowest BCUT2D eigenvalue weighted by Crippen LogP contribution is -2.38. The molecule has 1 rings (SSSR count). The third-order valence-electron chi connectivity index (χ3n) is 3.79. The van der Waals surface area contributed by atoms with Crippen LogP contribution < -0.4 is 10.1 Å². The number of rotatable bonds is 6. The van der Waals surface area contributed by atoms with Gasteiger partial charge in [0, 0.05) is 5.56 Å². The number of hydrogen-bond acceptors (Lipinski definition) is 3. The molecule has 4 heteroatoms. The summed E-state index contributed by atoms with van der Waals surface area (Å²) in [4.78, 5) is 12.3. The minimum absolute atomic E-state index is 0.0603. The lowest BCUT2D eigenvalue weighted by Gasteiger charge is -2.33. The quantitative estimate of drug-likeness (QED) is 0.847. The second kappa shape index (κ2) is 7.63. The van der Waals surface area contributed by atoms with Crippen LogP contribution in [0.3, 0.4) is 0 Å². The smallest absolute Gasteiger partial charge is 0.223 e. The number of amides is 1. The van der Waals surface area contributed by atoms with E-state index in [1.54, 1.807) is 7.11 Å². The normalized spacial score (nSPS) is 14.5. The van der Waals surface area contributed by atoms with E-state index in [-0.39, 0.29) is 29.7 Å². The third kappa shape index (κ3) is 5.02. The van der Waals surface area contributed by atoms with Gasteiger partial charge in [-0.1, -0.05) is 52.8 Å². The molecule has 2 atom stereocenters. The van der Waals surface area contributed by atoms with Crippen molar-refractivity contribution in [3.8, 4) is 5.75 Å². The molecule has 0 heterocycles. The van der Waals surface area contributed by atoms with Crippen LogP contribution in [0.4, 0.5) is 0 Å². The van der Waals surface area contributed by atoms with Crippen molar-refractivity contribution in [2.45, 2.75) is 53.2 Å². The van der Waals surface area contributed by atoms with Crippen molar-refractivity contribution < 1.29 is 14.6 Å². The number of carbonyl (C=O) groups excluding carboxylic acids is 1. The maximum absolute atomic E-state index is 12.3. The van der Waals surface area contributed by atoms with Crippen molar-refractivity contribution in [3.63, 3.8) is 0 Å². The molecule has 0 fully saturated rings. The first-order valence-corrected chi connectivity index (χ1v) is 7.77. The van der Waals surface area contributed by atoms with Crippen LogP contribution in [0.15, 0.2) is 24.3 Å². The van der Waals surface area contributed by atoms with Gasteiger partial charge in [-0.25, -0.2) is 0 Å². The number of aliphatic hydroxyl groups is 1. The standard InChI is InChI=1S/C18H29NO3/c1-12(2)14(20)11-16(21)19-17(18(3,4)5)13-9-7-8-10-15(13)22-6/h7-10,12,14,17,20H,11H2,1-6H3,(H,19,21). The molecular weight excluding hydrogens is 278 g/mol. The molecule has 2 unspecified atom stereocenters. The zero-order valence-electron chi connectivity index (χ0n) is 14.5. The number of aliphatic hydroxyl groups excluding tert-OH is 1. The fraction of sp³-hybridized carbons (Fsp3) is 0.611. The highest BCUT2D eigenvalue weighted by Crippen LogP contribution is 2.37. The fourth-order valence-corrected chi connectivity index (χ4v) is 2.31. The Morgan fingerprint density at radius 3 is 2.36 bits per heavy atom. The minimum atomic E-state index is -0.627. The first-order valence-electron chi connectivity index (χ1n) is 7.77. The molecule has 22 heavy (non-hydrogen) atoms. The van der Waals surface area contributed by atoms with Crippen LogP contribution in [-0.2, 0) is 4.79 Å². The van der Waals surface area contributed by atoms with Gasteiger partial charge in [-0.05, 0) is 17.4 Å². The Balaban J connectivity index is 2.98. The number of carbonyl (C=O) groups is 1. The van der Waals surface area contributed by atoms with E-state index in [4.69, 9.17) is 4.74 Å². The van der Waals surface area contributed by atoms with Gasteiger partial charge in [-0.3, -0.25) is 4.79 Å². The zero-order chi connectivity index (χ0) is 16.9. The summed E-state index contributed by atoms with van der Waals surface area (Å²) in [6, 6.07) is 7.52. The molecule has 0 saturated heterocycles. The summed E-state index contributed by atoms with van der Waals surface area (Å²) in [5, 5.41) is 13.0. The Bertz CT molecular complexity index is 491. The van der Waals surface area contributed by atoms with Crippen LogP contribution in [0.2, 0.25) is 0 Å². The average Bonchev–Trinajstić information content (AvgIpc) is 2.43. The van der Waals surface area contributed by atoms with Crippen molar-refractivity contribution in [2.24, 2.45) is 11.3 Å². The Hall–Kier alpha value is -1.55. The summed E-state index contributed by atoms with van der Waals surface area (Å²) in [5.74, 6) is 0.671. The second-order valence-electron chi connectivity index (χ2n) is 7.12. The lowest BCUT2D eigenvalue weighted by atomic mass is 9.81. The molecule has 0 aliphatic rings. The molecule has 0 aliphatic carbocycles. The van der Waals surface area contributed by atoms with Gasteiger partial charge in [-0.15, -0.1) is 0 Å². The lowest BCUT2D eigenvalue weighted by molar-refractivity contribution is -0.125. The predicted octanol–water partition coefficient (Wildman–Crippen LogP) is 3.31. The van der Waals surface area contributed by atoms with Crippen molar-refractivity contribution in [1.29, 1.82) is 0 Å². The first-order chi connectivity index (χ1) is 10.2. The molecule has 0 bridgehead atoms. The van der Waals surface area contributed by atoms with Crippen molar-refractivity contribution in [2.75, 3.05) is 7.11 Å². The Morgan fingerprint density at radius 1 is 1.27 bits per heavy atom. The molecule has 1 aromatic rings. The molecule has 124 valence electrons. The van der Waals surface area contributed by atoms with E-state index in [0.717, 1.165) is 11.3 Å². The summed E-state index contributed by atoms with van der Waals surface area (Å²) >= 11 is 0. The largest absolute Gasteiger partial charge is 0.496 e. The molecule has 0 aliphatic heterocycles. The number of ether oxygens (including phenoxy) is 1. The summed E-state index contributed by atoms with van der Waals surface area (Å²) in [7, 11) is 1.63. The summed E-state index contributed by atoms with van der Waals surface area (Å²) < 4.78 is 5.42. The Kier molecular flexibility index (Phi) is 6.42. The number of nitrogens with one attached hydrogen (secondary N) is 1. The van der Waals surface area contributed by atoms with E-state index in [0.29, 0.717) is 0 Å². The third-order valence-corrected chi connectivity index (χ3v) is 3.79. The first kappa shape index (κ1) is 18.5. The monoisotopic (exact) mass is 307 g/mol. The molecule has 1 aromatic carbocycles. The average molecular weight is 307 g/mol. The Labute approximate surface area is 133 Å². The van der Waals surface area contributed by atoms with Crippen LogP contribution in [0.5, 0.6) is 5.75 Å². The second-order valence-corrected chi connectivity index (χ2v) is 7.12. The highest BCUT2D eigenvalue weighted by Gasteiger charge is 2.30. The number of para-hydroxylation sites is 1. The van der Waals surface area contributed by atoms with Gasteiger partial charge in [0.1, 0.15) is 5.75 Å². The topological polar surface area (TPSA) is 58.6 Å². The maximum atomic E-state index is 12.3. The maximum Gasteiger partial charge on any atom is 0.223 e. The number of hydrogen-bond donors (Lipinski definition) is 2. The van der Waals surface area contributed by atoms with Crippen LogP contribution in [0, 0.1) is 11.3 Å². The van der Waals surface area contributed by atoms with Crippen molar-refractivity contribution >= 4 is 5.91 Å². The molecule has 4 nitrogen and oxygen atoms in total. The highest BCUT2D eigenvalue weighted by atomic mass is 16.5. The molecule has 0 radical (unpaired) electrons. The molecule has 2 N–H and O–H groups in total. The van der Waals surface area contributed by atoms with Gasteiger partial charge in [0.05, 0.1) is 25.7 Å². The van der Waals surface area contributed by atoms with E-state index < -0.39 is 6.10 Å². The van der Waals surface area contributed by atoms with E-state index in [1.807, 2.05) is 38.1 Å². The molecule has 0 spiro atoms. The summed E-state index contributed by atoms with van der Waals surface area (Å²) in [5.41, 5.74) is 0.775. The SMILES string of the molecule is COc1ccccc1C(NC(=O)CC(O)C(C)C)C(C)(C)C. The van der Waals surface area contributed by atoms with E-state index >= 15 is 0 Å². The molecule has 0 aromatic heterocycles. The van der Waals surface area contributed by atoms with Gasteiger partial charge >= 0.3 is 0 Å². The molecule has 1 amide bonds. The van der Waals surface area contributed by atoms with Crippen LogP contribution >= 0.6 is 0 Å². The van der Waals surface area contributed by atoms with E-state index in [1.165, 1.54) is 0 Å². The van der Waals surface area contributed by atoms with Gasteiger partial charge in [0.2, 0.25) is 5.91 Å². The van der Waals surface area contributed by atoms with Crippen LogP contribution in [0.1, 0.15) is 52.6 Å².